The third-order valence-corrected chi connectivity index (χ3v) is 4.16. The molecule has 0 bridgehead atoms. The fourth-order valence-electron chi connectivity index (χ4n) is 2.94. The standard InChI is InChI=1S/C13H14ClN3/c14-12-5-11(2-1-9(12)6-15)17-4-3-10-7-16-8-13(10)17/h1-2,5,10,13,16H,3-4,7-8H2/t10-,13+/m0/s1. The summed E-state index contributed by atoms with van der Waals surface area (Å²) in [6.45, 7) is 3.28. The normalized spacial score (nSPS) is 26.9. The van der Waals surface area contributed by atoms with Crippen molar-refractivity contribution < 1.29 is 0 Å². The Hall–Kier alpha value is -1.24. The molecule has 4 heteroatoms. The van der Waals surface area contributed by atoms with Crippen molar-refractivity contribution >= 4 is 17.3 Å². The van der Waals surface area contributed by atoms with Crippen LogP contribution < -0.4 is 10.2 Å². The predicted molar refractivity (Wildman–Crippen MR) is 68.3 cm³/mol. The summed E-state index contributed by atoms with van der Waals surface area (Å²) in [5.41, 5.74) is 1.70. The highest BCUT2D eigenvalue weighted by atomic mass is 35.5. The quantitative estimate of drug-likeness (QED) is 0.825. The van der Waals surface area contributed by atoms with E-state index in [1.165, 1.54) is 6.42 Å². The van der Waals surface area contributed by atoms with Crippen molar-refractivity contribution in [3.05, 3.63) is 28.8 Å². The lowest BCUT2D eigenvalue weighted by atomic mass is 10.0. The van der Waals surface area contributed by atoms with Crippen molar-refractivity contribution in [2.24, 2.45) is 5.92 Å². The molecule has 17 heavy (non-hydrogen) atoms. The molecule has 2 fully saturated rings. The lowest BCUT2D eigenvalue weighted by Gasteiger charge is -2.25. The van der Waals surface area contributed by atoms with Gasteiger partial charge in [0.05, 0.1) is 10.6 Å². The highest BCUT2D eigenvalue weighted by molar-refractivity contribution is 6.32. The van der Waals surface area contributed by atoms with E-state index in [1.807, 2.05) is 18.2 Å². The number of benzene rings is 1. The Kier molecular flexibility index (Phi) is 2.70. The molecule has 2 aliphatic heterocycles. The highest BCUT2D eigenvalue weighted by Crippen LogP contribution is 2.33. The zero-order valence-corrected chi connectivity index (χ0v) is 10.2. The maximum Gasteiger partial charge on any atom is 0.101 e. The molecule has 2 saturated heterocycles. The van der Waals surface area contributed by atoms with E-state index in [0.717, 1.165) is 31.2 Å². The van der Waals surface area contributed by atoms with Crippen LogP contribution in [0, 0.1) is 17.2 Å². The van der Waals surface area contributed by atoms with Crippen molar-refractivity contribution in [2.45, 2.75) is 12.5 Å². The molecule has 2 heterocycles. The average molecular weight is 248 g/mol. The van der Waals surface area contributed by atoms with Gasteiger partial charge in [-0.25, -0.2) is 0 Å². The van der Waals surface area contributed by atoms with Gasteiger partial charge in [-0.1, -0.05) is 11.6 Å². The summed E-state index contributed by atoms with van der Waals surface area (Å²) in [7, 11) is 0. The van der Waals surface area contributed by atoms with Gasteiger partial charge in [-0.2, -0.15) is 5.26 Å². The number of halogens is 1. The number of rotatable bonds is 1. The van der Waals surface area contributed by atoms with Crippen LogP contribution in [0.15, 0.2) is 18.2 Å². The Morgan fingerprint density at radius 3 is 3.06 bits per heavy atom. The topological polar surface area (TPSA) is 39.1 Å². The summed E-state index contributed by atoms with van der Waals surface area (Å²) < 4.78 is 0. The zero-order chi connectivity index (χ0) is 11.8. The van der Waals surface area contributed by atoms with E-state index in [0.29, 0.717) is 16.6 Å². The van der Waals surface area contributed by atoms with Gasteiger partial charge in [-0.15, -0.1) is 0 Å². The summed E-state index contributed by atoms with van der Waals surface area (Å²) in [6, 6.07) is 8.43. The first-order chi connectivity index (χ1) is 8.29. The van der Waals surface area contributed by atoms with Crippen molar-refractivity contribution in [3.8, 4) is 6.07 Å². The Morgan fingerprint density at radius 1 is 1.41 bits per heavy atom. The summed E-state index contributed by atoms with van der Waals surface area (Å²) in [6.07, 6.45) is 1.25. The number of nitriles is 1. The minimum Gasteiger partial charge on any atom is -0.367 e. The maximum atomic E-state index is 8.87. The van der Waals surface area contributed by atoms with E-state index in [1.54, 1.807) is 0 Å². The van der Waals surface area contributed by atoms with Crippen LogP contribution in [-0.4, -0.2) is 25.7 Å². The summed E-state index contributed by atoms with van der Waals surface area (Å²) in [4.78, 5) is 2.41. The molecule has 2 atom stereocenters. The monoisotopic (exact) mass is 247 g/mol. The van der Waals surface area contributed by atoms with Gasteiger partial charge >= 0.3 is 0 Å². The maximum absolute atomic E-state index is 8.87. The summed E-state index contributed by atoms with van der Waals surface area (Å²) in [5, 5.41) is 12.9. The third kappa shape index (κ3) is 1.78. The van der Waals surface area contributed by atoms with Gasteiger partial charge in [0.25, 0.3) is 0 Å². The molecule has 1 N–H and O–H groups in total. The molecule has 0 saturated carbocycles. The van der Waals surface area contributed by atoms with E-state index >= 15 is 0 Å². The fraction of sp³-hybridized carbons (Fsp3) is 0.462. The molecule has 0 unspecified atom stereocenters. The van der Waals surface area contributed by atoms with E-state index in [4.69, 9.17) is 16.9 Å². The Labute approximate surface area is 106 Å². The van der Waals surface area contributed by atoms with E-state index in [-0.39, 0.29) is 0 Å². The molecule has 88 valence electrons. The Bertz CT molecular complexity index is 480. The van der Waals surface area contributed by atoms with Crippen LogP contribution in [0.5, 0.6) is 0 Å². The van der Waals surface area contributed by atoms with Crippen LogP contribution in [0.4, 0.5) is 5.69 Å². The van der Waals surface area contributed by atoms with Crippen LogP contribution in [0.2, 0.25) is 5.02 Å². The molecule has 3 rings (SSSR count). The van der Waals surface area contributed by atoms with Gasteiger partial charge < -0.3 is 10.2 Å². The number of nitrogens with zero attached hydrogens (tertiary/aromatic N) is 2. The molecule has 0 amide bonds. The minimum atomic E-state index is 0.552. The van der Waals surface area contributed by atoms with E-state index < -0.39 is 0 Å². The first-order valence-electron chi connectivity index (χ1n) is 5.96. The van der Waals surface area contributed by atoms with Gasteiger partial charge in [0.1, 0.15) is 6.07 Å². The molecule has 2 aliphatic rings. The summed E-state index contributed by atoms with van der Waals surface area (Å²) >= 11 is 6.09. The second kappa shape index (κ2) is 4.21. The molecule has 0 aliphatic carbocycles. The van der Waals surface area contributed by atoms with Crippen molar-refractivity contribution in [1.29, 1.82) is 5.26 Å². The third-order valence-electron chi connectivity index (χ3n) is 3.85. The predicted octanol–water partition coefficient (Wildman–Crippen LogP) is 2.01. The Balaban J connectivity index is 1.90. The molecule has 1 aromatic carbocycles. The molecular formula is C13H14ClN3. The van der Waals surface area contributed by atoms with Gasteiger partial charge in [0, 0.05) is 31.4 Å². The first kappa shape index (κ1) is 10.9. The van der Waals surface area contributed by atoms with Gasteiger partial charge in [-0.3, -0.25) is 0 Å². The van der Waals surface area contributed by atoms with Crippen LogP contribution in [0.1, 0.15) is 12.0 Å². The van der Waals surface area contributed by atoms with Crippen LogP contribution in [0.25, 0.3) is 0 Å². The number of hydrogen-bond acceptors (Lipinski definition) is 3. The second-order valence-electron chi connectivity index (χ2n) is 4.74. The van der Waals surface area contributed by atoms with E-state index in [9.17, 15) is 0 Å². The molecule has 0 radical (unpaired) electrons. The largest absolute Gasteiger partial charge is 0.367 e. The van der Waals surface area contributed by atoms with Crippen molar-refractivity contribution in [3.63, 3.8) is 0 Å². The number of nitrogens with one attached hydrogen (secondary N) is 1. The number of hydrogen-bond donors (Lipinski definition) is 1. The first-order valence-corrected chi connectivity index (χ1v) is 6.34. The van der Waals surface area contributed by atoms with Crippen molar-refractivity contribution in [1.82, 2.24) is 5.32 Å². The fourth-order valence-corrected chi connectivity index (χ4v) is 3.16. The smallest absolute Gasteiger partial charge is 0.101 e. The second-order valence-corrected chi connectivity index (χ2v) is 5.15. The van der Waals surface area contributed by atoms with Gasteiger partial charge in [0.15, 0.2) is 0 Å². The van der Waals surface area contributed by atoms with Crippen LogP contribution >= 0.6 is 11.6 Å². The molecule has 3 nitrogen and oxygen atoms in total. The molecule has 1 aromatic rings. The van der Waals surface area contributed by atoms with Crippen LogP contribution in [-0.2, 0) is 0 Å². The SMILES string of the molecule is N#Cc1ccc(N2CC[C@H]3CNC[C@H]32)cc1Cl. The Morgan fingerprint density at radius 2 is 2.29 bits per heavy atom. The van der Waals surface area contributed by atoms with Gasteiger partial charge in [0.2, 0.25) is 0 Å². The lowest BCUT2D eigenvalue weighted by molar-refractivity contribution is 0.579. The van der Waals surface area contributed by atoms with E-state index in [2.05, 4.69) is 16.3 Å². The molecule has 0 spiro atoms. The average Bonchev–Trinajstić information content (AvgIpc) is 2.90. The zero-order valence-electron chi connectivity index (χ0n) is 9.49. The van der Waals surface area contributed by atoms with Crippen LogP contribution in [0.3, 0.4) is 0 Å². The van der Waals surface area contributed by atoms with Gasteiger partial charge in [-0.05, 0) is 30.5 Å². The highest BCUT2D eigenvalue weighted by Gasteiger charge is 2.37. The molecular weight excluding hydrogens is 234 g/mol. The molecule has 0 aromatic heterocycles. The lowest BCUT2D eigenvalue weighted by Crippen LogP contribution is -2.34. The van der Waals surface area contributed by atoms with Crippen molar-refractivity contribution in [2.75, 3.05) is 24.5 Å². The minimum absolute atomic E-state index is 0.552. The number of anilines is 1. The summed E-state index contributed by atoms with van der Waals surface area (Å²) in [5.74, 6) is 0.768. The number of fused-ring (bicyclic) bond motifs is 1.